The minimum Gasteiger partial charge on any atom is -0.454 e. The summed E-state index contributed by atoms with van der Waals surface area (Å²) in [6, 6.07) is 15.0. The number of fused-ring (bicyclic) bond motifs is 1. The van der Waals surface area contributed by atoms with Crippen molar-refractivity contribution in [1.82, 2.24) is 15.6 Å². The molecular weight excluding hydrogens is 358 g/mol. The molecule has 3 aromatic rings. The molecule has 0 aliphatic carbocycles. The summed E-state index contributed by atoms with van der Waals surface area (Å²) in [4.78, 5) is 14.3. The zero-order valence-corrected chi connectivity index (χ0v) is 15.5. The molecule has 2 heterocycles. The quantitative estimate of drug-likeness (QED) is 0.527. The number of aromatic nitrogens is 2. The highest BCUT2D eigenvalue weighted by atomic mass is 16.7. The van der Waals surface area contributed by atoms with Crippen molar-refractivity contribution in [3.05, 3.63) is 59.8 Å². The summed E-state index contributed by atoms with van der Waals surface area (Å²) in [6.07, 6.45) is 1.59. The van der Waals surface area contributed by atoms with Crippen LogP contribution in [0.2, 0.25) is 0 Å². The van der Waals surface area contributed by atoms with Crippen LogP contribution >= 0.6 is 0 Å². The van der Waals surface area contributed by atoms with E-state index in [2.05, 4.69) is 20.7 Å². The third-order valence-corrected chi connectivity index (χ3v) is 4.28. The Morgan fingerprint density at radius 2 is 1.93 bits per heavy atom. The number of nitrogens with zero attached hydrogens (tertiary/aromatic N) is 3. The lowest BCUT2D eigenvalue weighted by atomic mass is 10.1. The van der Waals surface area contributed by atoms with Gasteiger partial charge in [-0.2, -0.15) is 10.2 Å². The van der Waals surface area contributed by atoms with Crippen LogP contribution in [-0.2, 0) is 0 Å². The lowest BCUT2D eigenvalue weighted by Gasteiger charge is -2.11. The molecule has 2 N–H and O–H groups in total. The average molecular weight is 377 g/mol. The third kappa shape index (κ3) is 3.66. The van der Waals surface area contributed by atoms with Crippen molar-refractivity contribution in [1.29, 1.82) is 0 Å². The number of ether oxygens (including phenoxy) is 2. The van der Waals surface area contributed by atoms with Crippen molar-refractivity contribution in [2.45, 2.75) is 0 Å². The lowest BCUT2D eigenvalue weighted by molar-refractivity contribution is 0.0950. The van der Waals surface area contributed by atoms with Gasteiger partial charge in [-0.15, -0.1) is 0 Å². The van der Waals surface area contributed by atoms with E-state index in [1.54, 1.807) is 12.3 Å². The number of benzene rings is 2. The molecule has 0 saturated heterocycles. The van der Waals surface area contributed by atoms with Crippen LogP contribution in [0.15, 0.2) is 53.6 Å². The molecule has 142 valence electrons. The Labute approximate surface area is 161 Å². The summed E-state index contributed by atoms with van der Waals surface area (Å²) in [7, 11) is 3.96. The number of hydrogen-bond acceptors (Lipinski definition) is 6. The number of hydrazone groups is 1. The van der Waals surface area contributed by atoms with E-state index in [4.69, 9.17) is 9.47 Å². The van der Waals surface area contributed by atoms with E-state index in [0.717, 1.165) is 16.8 Å². The molecule has 8 heteroatoms. The average Bonchev–Trinajstić information content (AvgIpc) is 3.37. The van der Waals surface area contributed by atoms with Gasteiger partial charge in [0.05, 0.1) is 11.9 Å². The molecule has 0 atom stereocenters. The van der Waals surface area contributed by atoms with Crippen LogP contribution in [0.5, 0.6) is 11.5 Å². The summed E-state index contributed by atoms with van der Waals surface area (Å²) in [5, 5.41) is 10.9. The smallest absolute Gasteiger partial charge is 0.289 e. The minimum atomic E-state index is -0.374. The highest BCUT2D eigenvalue weighted by Crippen LogP contribution is 2.35. The van der Waals surface area contributed by atoms with Crippen LogP contribution in [0.25, 0.3) is 11.3 Å². The van der Waals surface area contributed by atoms with Gasteiger partial charge in [0.2, 0.25) is 6.79 Å². The second-order valence-electron chi connectivity index (χ2n) is 6.42. The van der Waals surface area contributed by atoms with Crippen LogP contribution in [0, 0.1) is 0 Å². The van der Waals surface area contributed by atoms with Gasteiger partial charge in [0.1, 0.15) is 5.69 Å². The van der Waals surface area contributed by atoms with E-state index in [1.807, 2.05) is 61.5 Å². The maximum Gasteiger partial charge on any atom is 0.289 e. The summed E-state index contributed by atoms with van der Waals surface area (Å²) in [5.74, 6) is 0.988. The molecule has 1 aliphatic heterocycles. The predicted octanol–water partition coefficient (Wildman–Crippen LogP) is 2.64. The summed E-state index contributed by atoms with van der Waals surface area (Å²) < 4.78 is 10.7. The minimum absolute atomic E-state index is 0.211. The first-order valence-electron chi connectivity index (χ1n) is 8.66. The topological polar surface area (TPSA) is 91.8 Å². The van der Waals surface area contributed by atoms with Gasteiger partial charge in [0, 0.05) is 25.3 Å². The number of aromatic amines is 1. The first-order chi connectivity index (χ1) is 13.6. The molecule has 0 fully saturated rings. The van der Waals surface area contributed by atoms with Crippen molar-refractivity contribution in [2.24, 2.45) is 5.10 Å². The SMILES string of the molecule is CN(C)c1ccc(/C=N/NC(=O)c2cc(-c3ccc4c(c3)OCO4)n[nH]2)cc1. The summed E-state index contributed by atoms with van der Waals surface area (Å²) in [5.41, 5.74) is 6.24. The number of carbonyl (C=O) groups excluding carboxylic acids is 1. The zero-order chi connectivity index (χ0) is 19.5. The van der Waals surface area contributed by atoms with Gasteiger partial charge in [-0.3, -0.25) is 9.89 Å². The number of carbonyl (C=O) groups is 1. The molecule has 0 unspecified atom stereocenters. The molecule has 0 spiro atoms. The van der Waals surface area contributed by atoms with E-state index < -0.39 is 0 Å². The van der Waals surface area contributed by atoms with Crippen LogP contribution in [0.3, 0.4) is 0 Å². The molecule has 1 aliphatic rings. The molecule has 1 aromatic heterocycles. The highest BCUT2D eigenvalue weighted by Gasteiger charge is 2.16. The third-order valence-electron chi connectivity index (χ3n) is 4.28. The Bertz CT molecular complexity index is 1020. The van der Waals surface area contributed by atoms with Crippen molar-refractivity contribution in [3.63, 3.8) is 0 Å². The van der Waals surface area contributed by atoms with Crippen LogP contribution in [0.1, 0.15) is 16.1 Å². The fourth-order valence-corrected chi connectivity index (χ4v) is 2.73. The molecule has 4 rings (SSSR count). The second kappa shape index (κ2) is 7.43. The molecule has 0 radical (unpaired) electrons. The summed E-state index contributed by atoms with van der Waals surface area (Å²) in [6.45, 7) is 0.211. The first kappa shape index (κ1) is 17.6. The monoisotopic (exact) mass is 377 g/mol. The standard InChI is InChI=1S/C20H19N5O3/c1-25(2)15-6-3-13(4-7-15)11-21-24-20(26)17-10-16(22-23-17)14-5-8-18-19(9-14)28-12-27-18/h3-11H,12H2,1-2H3,(H,22,23)(H,24,26)/b21-11+. The van der Waals surface area contributed by atoms with Crippen LogP contribution < -0.4 is 19.8 Å². The van der Waals surface area contributed by atoms with E-state index in [0.29, 0.717) is 22.9 Å². The van der Waals surface area contributed by atoms with E-state index >= 15 is 0 Å². The van der Waals surface area contributed by atoms with Crippen molar-refractivity contribution < 1.29 is 14.3 Å². The summed E-state index contributed by atoms with van der Waals surface area (Å²) >= 11 is 0. The molecule has 0 bridgehead atoms. The Hall–Kier alpha value is -3.81. The Kier molecular flexibility index (Phi) is 4.67. The van der Waals surface area contributed by atoms with Crippen molar-refractivity contribution in [3.8, 4) is 22.8 Å². The van der Waals surface area contributed by atoms with E-state index in [9.17, 15) is 4.79 Å². The highest BCUT2D eigenvalue weighted by molar-refractivity contribution is 5.94. The second-order valence-corrected chi connectivity index (χ2v) is 6.42. The number of rotatable bonds is 5. The fourth-order valence-electron chi connectivity index (χ4n) is 2.73. The van der Waals surface area contributed by atoms with Gasteiger partial charge < -0.3 is 14.4 Å². The van der Waals surface area contributed by atoms with Gasteiger partial charge in [-0.05, 0) is 42.0 Å². The van der Waals surface area contributed by atoms with Crippen LogP contribution in [0.4, 0.5) is 5.69 Å². The van der Waals surface area contributed by atoms with Crippen LogP contribution in [-0.4, -0.2) is 43.2 Å². The van der Waals surface area contributed by atoms with Gasteiger partial charge in [-0.1, -0.05) is 12.1 Å². The maximum atomic E-state index is 12.3. The van der Waals surface area contributed by atoms with Gasteiger partial charge >= 0.3 is 0 Å². The van der Waals surface area contributed by atoms with Gasteiger partial charge in [0.15, 0.2) is 11.5 Å². The van der Waals surface area contributed by atoms with E-state index in [1.165, 1.54) is 0 Å². The largest absolute Gasteiger partial charge is 0.454 e. The maximum absolute atomic E-state index is 12.3. The Morgan fingerprint density at radius 1 is 1.14 bits per heavy atom. The predicted molar refractivity (Wildman–Crippen MR) is 106 cm³/mol. The molecular formula is C20H19N5O3. The zero-order valence-electron chi connectivity index (χ0n) is 15.5. The van der Waals surface area contributed by atoms with Crippen molar-refractivity contribution >= 4 is 17.8 Å². The molecule has 0 saturated carbocycles. The normalized spacial score (nSPS) is 12.4. The molecule has 28 heavy (non-hydrogen) atoms. The number of anilines is 1. The van der Waals surface area contributed by atoms with Gasteiger partial charge in [-0.25, -0.2) is 5.43 Å². The molecule has 1 amide bonds. The Balaban J connectivity index is 1.40. The first-order valence-corrected chi connectivity index (χ1v) is 8.66. The number of hydrogen-bond donors (Lipinski definition) is 2. The Morgan fingerprint density at radius 3 is 2.71 bits per heavy atom. The van der Waals surface area contributed by atoms with E-state index in [-0.39, 0.29) is 12.7 Å². The molecule has 2 aromatic carbocycles. The number of nitrogens with one attached hydrogen (secondary N) is 2. The van der Waals surface area contributed by atoms with Crippen molar-refractivity contribution in [2.75, 3.05) is 25.8 Å². The fraction of sp³-hybridized carbons (Fsp3) is 0.150. The number of amides is 1. The lowest BCUT2D eigenvalue weighted by Crippen LogP contribution is -2.18. The number of H-pyrrole nitrogens is 1. The molecule has 8 nitrogen and oxygen atoms in total. The van der Waals surface area contributed by atoms with Gasteiger partial charge in [0.25, 0.3) is 5.91 Å².